The molecule has 0 bridgehead atoms. The van der Waals surface area contributed by atoms with E-state index in [1.807, 2.05) is 60.7 Å². The van der Waals surface area contributed by atoms with Crippen LogP contribution >= 0.6 is 0 Å². The van der Waals surface area contributed by atoms with Gasteiger partial charge in [-0.25, -0.2) is 9.78 Å². The third-order valence-electron chi connectivity index (χ3n) is 4.63. The summed E-state index contributed by atoms with van der Waals surface area (Å²) in [5, 5.41) is 13.8. The van der Waals surface area contributed by atoms with E-state index in [0.29, 0.717) is 11.3 Å². The normalized spacial score (nSPS) is 10.9. The lowest BCUT2D eigenvalue weighted by atomic mass is 10.1. The lowest BCUT2D eigenvalue weighted by Gasteiger charge is -2.13. The maximum atomic E-state index is 11.8. The summed E-state index contributed by atoms with van der Waals surface area (Å²) in [6.07, 6.45) is 2.25. The van der Waals surface area contributed by atoms with Gasteiger partial charge in [-0.15, -0.1) is 0 Å². The van der Waals surface area contributed by atoms with Gasteiger partial charge in [0, 0.05) is 23.0 Å². The summed E-state index contributed by atoms with van der Waals surface area (Å²) >= 11 is 0. The summed E-state index contributed by atoms with van der Waals surface area (Å²) in [5.41, 5.74) is 5.28. The van der Waals surface area contributed by atoms with E-state index in [1.165, 1.54) is 6.20 Å². The Morgan fingerprint density at radius 3 is 2.59 bits per heavy atom. The van der Waals surface area contributed by atoms with Gasteiger partial charge in [-0.2, -0.15) is 0 Å². The second-order valence-corrected chi connectivity index (χ2v) is 6.30. The van der Waals surface area contributed by atoms with E-state index in [1.54, 1.807) is 0 Å². The molecule has 0 saturated carbocycles. The average molecular weight is 357 g/mol. The molecule has 4 rings (SSSR count). The van der Waals surface area contributed by atoms with Crippen molar-refractivity contribution in [1.82, 2.24) is 9.97 Å². The number of aryl methyl sites for hydroxylation is 1. The monoisotopic (exact) mass is 357 g/mol. The standard InChI is InChI=1S/C22H19N3O2/c1-2-14-8-6-7-11-18(14)24-20-16-12-19(15-9-4-3-5-10-15)25-21(16)23-13-17(20)22(26)27/h3-13H,2H2,1H3,(H,26,27)(H2,23,24,25). The Balaban J connectivity index is 1.89. The SMILES string of the molecule is CCc1ccccc1Nc1c(C(=O)O)cnc2[nH]c(-c3ccccc3)cc12. The minimum Gasteiger partial charge on any atom is -0.478 e. The van der Waals surface area contributed by atoms with E-state index >= 15 is 0 Å². The average Bonchev–Trinajstić information content (AvgIpc) is 3.14. The molecule has 0 aliphatic rings. The fourth-order valence-electron chi connectivity index (χ4n) is 3.23. The third-order valence-corrected chi connectivity index (χ3v) is 4.63. The van der Waals surface area contributed by atoms with Crippen molar-refractivity contribution >= 4 is 28.4 Å². The van der Waals surface area contributed by atoms with Crippen molar-refractivity contribution < 1.29 is 9.90 Å². The van der Waals surface area contributed by atoms with Crippen molar-refractivity contribution in [2.24, 2.45) is 0 Å². The number of hydrogen-bond acceptors (Lipinski definition) is 3. The van der Waals surface area contributed by atoms with Gasteiger partial charge in [-0.05, 0) is 29.7 Å². The van der Waals surface area contributed by atoms with Gasteiger partial charge >= 0.3 is 5.97 Å². The fraction of sp³-hybridized carbons (Fsp3) is 0.0909. The van der Waals surface area contributed by atoms with Crippen molar-refractivity contribution in [2.45, 2.75) is 13.3 Å². The minimum absolute atomic E-state index is 0.145. The zero-order chi connectivity index (χ0) is 18.8. The minimum atomic E-state index is -1.01. The number of benzene rings is 2. The summed E-state index contributed by atoms with van der Waals surface area (Å²) in [6, 6.07) is 19.8. The topological polar surface area (TPSA) is 78.0 Å². The summed E-state index contributed by atoms with van der Waals surface area (Å²) < 4.78 is 0. The zero-order valence-corrected chi connectivity index (χ0v) is 14.9. The summed E-state index contributed by atoms with van der Waals surface area (Å²) in [6.45, 7) is 2.07. The number of carboxylic acid groups (broad SMARTS) is 1. The Bertz CT molecular complexity index is 1120. The largest absolute Gasteiger partial charge is 0.478 e. The molecule has 5 heteroatoms. The molecule has 0 aliphatic carbocycles. The van der Waals surface area contributed by atoms with Gasteiger partial charge in [0.2, 0.25) is 0 Å². The molecule has 0 aliphatic heterocycles. The van der Waals surface area contributed by atoms with Crippen LogP contribution in [-0.2, 0) is 6.42 Å². The fourth-order valence-corrected chi connectivity index (χ4v) is 3.23. The summed E-state index contributed by atoms with van der Waals surface area (Å²) in [5.74, 6) is -1.01. The number of fused-ring (bicyclic) bond motifs is 1. The molecular weight excluding hydrogens is 338 g/mol. The Morgan fingerprint density at radius 1 is 1.11 bits per heavy atom. The Hall–Kier alpha value is -3.60. The molecule has 0 radical (unpaired) electrons. The Labute approximate surface area is 156 Å². The van der Waals surface area contributed by atoms with Gasteiger partial charge in [0.25, 0.3) is 0 Å². The van der Waals surface area contributed by atoms with Crippen LogP contribution in [0.15, 0.2) is 66.9 Å². The molecule has 5 nitrogen and oxygen atoms in total. The highest BCUT2D eigenvalue weighted by Gasteiger charge is 2.18. The van der Waals surface area contributed by atoms with Gasteiger partial charge in [0.05, 0.1) is 5.69 Å². The van der Waals surface area contributed by atoms with Crippen LogP contribution in [0.5, 0.6) is 0 Å². The molecule has 0 fully saturated rings. The van der Waals surface area contributed by atoms with Crippen molar-refractivity contribution in [3.05, 3.63) is 78.0 Å². The van der Waals surface area contributed by atoms with E-state index < -0.39 is 5.97 Å². The number of para-hydroxylation sites is 1. The lowest BCUT2D eigenvalue weighted by molar-refractivity contribution is 0.0697. The number of carbonyl (C=O) groups is 1. The third kappa shape index (κ3) is 3.15. The maximum absolute atomic E-state index is 11.8. The van der Waals surface area contributed by atoms with Crippen LogP contribution in [0.25, 0.3) is 22.3 Å². The molecule has 134 valence electrons. The number of nitrogens with one attached hydrogen (secondary N) is 2. The van der Waals surface area contributed by atoms with Gasteiger partial charge in [0.15, 0.2) is 0 Å². The van der Waals surface area contributed by atoms with Gasteiger partial charge < -0.3 is 15.4 Å². The van der Waals surface area contributed by atoms with Crippen molar-refractivity contribution in [2.75, 3.05) is 5.32 Å². The number of pyridine rings is 1. The van der Waals surface area contributed by atoms with Crippen molar-refractivity contribution in [3.63, 3.8) is 0 Å². The van der Waals surface area contributed by atoms with Crippen LogP contribution in [-0.4, -0.2) is 21.0 Å². The first-order valence-corrected chi connectivity index (χ1v) is 8.82. The van der Waals surface area contributed by atoms with Crippen LogP contribution < -0.4 is 5.32 Å². The van der Waals surface area contributed by atoms with E-state index in [4.69, 9.17) is 0 Å². The van der Waals surface area contributed by atoms with Crippen molar-refractivity contribution in [3.8, 4) is 11.3 Å². The van der Waals surface area contributed by atoms with Crippen LogP contribution in [0.2, 0.25) is 0 Å². The zero-order valence-electron chi connectivity index (χ0n) is 14.9. The number of aromatic nitrogens is 2. The molecule has 0 atom stereocenters. The maximum Gasteiger partial charge on any atom is 0.339 e. The molecule has 27 heavy (non-hydrogen) atoms. The molecule has 0 saturated heterocycles. The van der Waals surface area contributed by atoms with Crippen LogP contribution in [0, 0.1) is 0 Å². The van der Waals surface area contributed by atoms with Gasteiger partial charge in [-0.3, -0.25) is 0 Å². The number of nitrogens with zero attached hydrogens (tertiary/aromatic N) is 1. The smallest absolute Gasteiger partial charge is 0.339 e. The van der Waals surface area contributed by atoms with E-state index in [9.17, 15) is 9.90 Å². The molecule has 3 N–H and O–H groups in total. The Kier molecular flexibility index (Phi) is 4.34. The predicted molar refractivity (Wildman–Crippen MR) is 108 cm³/mol. The second-order valence-electron chi connectivity index (χ2n) is 6.30. The molecule has 2 aromatic carbocycles. The molecule has 0 amide bonds. The number of anilines is 2. The van der Waals surface area contributed by atoms with Crippen molar-refractivity contribution in [1.29, 1.82) is 0 Å². The highest BCUT2D eigenvalue weighted by Crippen LogP contribution is 2.33. The van der Waals surface area contributed by atoms with Crippen LogP contribution in [0.4, 0.5) is 11.4 Å². The van der Waals surface area contributed by atoms with Crippen LogP contribution in [0.1, 0.15) is 22.8 Å². The first kappa shape index (κ1) is 16.8. The molecule has 4 aromatic rings. The summed E-state index contributed by atoms with van der Waals surface area (Å²) in [7, 11) is 0. The highest BCUT2D eigenvalue weighted by molar-refractivity contribution is 6.06. The number of H-pyrrole nitrogens is 1. The lowest BCUT2D eigenvalue weighted by Crippen LogP contribution is -2.05. The predicted octanol–water partition coefficient (Wildman–Crippen LogP) is 5.23. The van der Waals surface area contributed by atoms with Gasteiger partial charge in [0.1, 0.15) is 11.2 Å². The molecule has 0 unspecified atom stereocenters. The first-order chi connectivity index (χ1) is 13.2. The number of carboxylic acids is 1. The van der Waals surface area contributed by atoms with Crippen LogP contribution in [0.3, 0.4) is 0 Å². The van der Waals surface area contributed by atoms with E-state index in [2.05, 4.69) is 22.2 Å². The van der Waals surface area contributed by atoms with E-state index in [-0.39, 0.29) is 5.56 Å². The Morgan fingerprint density at radius 2 is 1.85 bits per heavy atom. The quantitative estimate of drug-likeness (QED) is 0.457. The highest BCUT2D eigenvalue weighted by atomic mass is 16.4. The molecule has 0 spiro atoms. The number of aromatic amines is 1. The molecule has 2 aromatic heterocycles. The second kappa shape index (κ2) is 6.96. The van der Waals surface area contributed by atoms with E-state index in [0.717, 1.165) is 34.3 Å². The summed E-state index contributed by atoms with van der Waals surface area (Å²) in [4.78, 5) is 19.4. The number of rotatable bonds is 5. The first-order valence-electron chi connectivity index (χ1n) is 8.82. The number of aromatic carboxylic acids is 1. The molecular formula is C22H19N3O2. The molecule has 2 heterocycles. The van der Waals surface area contributed by atoms with Gasteiger partial charge in [-0.1, -0.05) is 55.5 Å². The number of hydrogen-bond donors (Lipinski definition) is 3.